The van der Waals surface area contributed by atoms with Crippen LogP contribution in [0, 0.1) is 0 Å². The Bertz CT molecular complexity index is 359. The molecule has 1 unspecified atom stereocenters. The van der Waals surface area contributed by atoms with Gasteiger partial charge in [-0.05, 0) is 48.7 Å². The van der Waals surface area contributed by atoms with E-state index in [2.05, 4.69) is 55.7 Å². The third kappa shape index (κ3) is 5.05. The van der Waals surface area contributed by atoms with E-state index in [0.29, 0.717) is 11.0 Å². The first-order valence-electron chi connectivity index (χ1n) is 6.82. The molecule has 100 valence electrons. The maximum Gasteiger partial charge on any atom is 0.170 e. The molecule has 1 aromatic carbocycles. The van der Waals surface area contributed by atoms with Gasteiger partial charge < -0.3 is 10.6 Å². The number of nitrogens with one attached hydrogen (secondary N) is 2. The van der Waals surface area contributed by atoms with Crippen molar-refractivity contribution < 1.29 is 0 Å². The van der Waals surface area contributed by atoms with Gasteiger partial charge in [0.05, 0.1) is 0 Å². The van der Waals surface area contributed by atoms with Crippen molar-refractivity contribution in [3.63, 3.8) is 0 Å². The van der Waals surface area contributed by atoms with E-state index in [4.69, 9.17) is 12.2 Å². The van der Waals surface area contributed by atoms with Gasteiger partial charge in [0, 0.05) is 12.2 Å². The van der Waals surface area contributed by atoms with E-state index >= 15 is 0 Å². The molecular weight excluding hydrogens is 240 g/mol. The Hall–Kier alpha value is -1.09. The fourth-order valence-corrected chi connectivity index (χ4v) is 1.90. The Labute approximate surface area is 116 Å². The van der Waals surface area contributed by atoms with Gasteiger partial charge in [-0.3, -0.25) is 0 Å². The smallest absolute Gasteiger partial charge is 0.170 e. The van der Waals surface area contributed by atoms with Crippen LogP contribution in [0.25, 0.3) is 0 Å². The van der Waals surface area contributed by atoms with Crippen molar-refractivity contribution >= 4 is 23.0 Å². The third-order valence-corrected chi connectivity index (χ3v) is 3.41. The summed E-state index contributed by atoms with van der Waals surface area (Å²) in [6.07, 6.45) is 3.50. The van der Waals surface area contributed by atoms with Crippen LogP contribution in [0.1, 0.15) is 51.5 Å². The zero-order valence-corrected chi connectivity index (χ0v) is 12.4. The molecule has 0 aliphatic carbocycles. The van der Waals surface area contributed by atoms with Crippen LogP contribution in [-0.4, -0.2) is 11.7 Å². The van der Waals surface area contributed by atoms with E-state index in [9.17, 15) is 0 Å². The van der Waals surface area contributed by atoms with Crippen LogP contribution in [0.5, 0.6) is 0 Å². The summed E-state index contributed by atoms with van der Waals surface area (Å²) in [4.78, 5) is 0. The van der Waals surface area contributed by atoms with Crippen molar-refractivity contribution in [2.45, 2.75) is 46.0 Å². The average Bonchev–Trinajstić information content (AvgIpc) is 2.39. The largest absolute Gasteiger partial charge is 0.362 e. The van der Waals surface area contributed by atoms with Gasteiger partial charge in [-0.1, -0.05) is 39.3 Å². The van der Waals surface area contributed by atoms with Crippen LogP contribution >= 0.6 is 12.2 Å². The van der Waals surface area contributed by atoms with Crippen molar-refractivity contribution in [2.75, 3.05) is 11.9 Å². The SMILES string of the molecule is CCCCNC(=S)Nc1ccc(C(C)CC)cc1. The number of unbranched alkanes of at least 4 members (excludes halogenated alkanes) is 1. The highest BCUT2D eigenvalue weighted by Crippen LogP contribution is 2.20. The molecule has 18 heavy (non-hydrogen) atoms. The fraction of sp³-hybridized carbons (Fsp3) is 0.533. The summed E-state index contributed by atoms with van der Waals surface area (Å²) in [7, 11) is 0. The lowest BCUT2D eigenvalue weighted by Gasteiger charge is -2.12. The van der Waals surface area contributed by atoms with Gasteiger partial charge in [-0.2, -0.15) is 0 Å². The minimum absolute atomic E-state index is 0.619. The Kier molecular flexibility index (Phi) is 6.73. The fourth-order valence-electron chi connectivity index (χ4n) is 1.68. The van der Waals surface area contributed by atoms with E-state index in [1.807, 2.05) is 0 Å². The van der Waals surface area contributed by atoms with Crippen LogP contribution in [0.3, 0.4) is 0 Å². The third-order valence-electron chi connectivity index (χ3n) is 3.17. The summed E-state index contributed by atoms with van der Waals surface area (Å²) < 4.78 is 0. The highest BCUT2D eigenvalue weighted by Gasteiger charge is 2.02. The summed E-state index contributed by atoms with van der Waals surface area (Å²) >= 11 is 5.23. The van der Waals surface area contributed by atoms with Crippen molar-refractivity contribution in [3.8, 4) is 0 Å². The molecule has 0 spiro atoms. The van der Waals surface area contributed by atoms with Gasteiger partial charge in [0.25, 0.3) is 0 Å². The van der Waals surface area contributed by atoms with Gasteiger partial charge >= 0.3 is 0 Å². The molecule has 0 aliphatic heterocycles. The lowest BCUT2D eigenvalue weighted by atomic mass is 9.99. The number of thiocarbonyl (C=S) groups is 1. The Morgan fingerprint density at radius 1 is 1.22 bits per heavy atom. The van der Waals surface area contributed by atoms with Crippen LogP contribution in [0.2, 0.25) is 0 Å². The van der Waals surface area contributed by atoms with Gasteiger partial charge in [0.15, 0.2) is 5.11 Å². The second-order valence-electron chi connectivity index (χ2n) is 4.67. The second kappa shape index (κ2) is 8.09. The highest BCUT2D eigenvalue weighted by atomic mass is 32.1. The van der Waals surface area contributed by atoms with E-state index in [-0.39, 0.29) is 0 Å². The molecule has 1 atom stereocenters. The molecule has 0 radical (unpaired) electrons. The predicted molar refractivity (Wildman–Crippen MR) is 84.3 cm³/mol. The minimum atomic E-state index is 0.619. The summed E-state index contributed by atoms with van der Waals surface area (Å²) in [5.41, 5.74) is 2.43. The van der Waals surface area contributed by atoms with Crippen molar-refractivity contribution in [1.82, 2.24) is 5.32 Å². The van der Waals surface area contributed by atoms with Crippen molar-refractivity contribution in [3.05, 3.63) is 29.8 Å². The van der Waals surface area contributed by atoms with Gasteiger partial charge in [-0.15, -0.1) is 0 Å². The molecular formula is C15H24N2S. The number of hydrogen-bond acceptors (Lipinski definition) is 1. The molecule has 2 N–H and O–H groups in total. The normalized spacial score (nSPS) is 11.9. The van der Waals surface area contributed by atoms with E-state index in [1.54, 1.807) is 0 Å². The summed E-state index contributed by atoms with van der Waals surface area (Å²) in [5, 5.41) is 7.11. The van der Waals surface area contributed by atoms with Crippen molar-refractivity contribution in [1.29, 1.82) is 0 Å². The second-order valence-corrected chi connectivity index (χ2v) is 5.07. The molecule has 0 heterocycles. The number of hydrogen-bond donors (Lipinski definition) is 2. The Morgan fingerprint density at radius 3 is 2.44 bits per heavy atom. The molecule has 3 heteroatoms. The Morgan fingerprint density at radius 2 is 1.89 bits per heavy atom. The molecule has 0 amide bonds. The highest BCUT2D eigenvalue weighted by molar-refractivity contribution is 7.80. The summed E-state index contributed by atoms with van der Waals surface area (Å²) in [5.74, 6) is 0.619. The molecule has 0 saturated carbocycles. The summed E-state index contributed by atoms with van der Waals surface area (Å²) in [6.45, 7) is 7.57. The monoisotopic (exact) mass is 264 g/mol. The zero-order chi connectivity index (χ0) is 13.4. The number of benzene rings is 1. The molecule has 1 aromatic rings. The average molecular weight is 264 g/mol. The van der Waals surface area contributed by atoms with Crippen molar-refractivity contribution in [2.24, 2.45) is 0 Å². The Balaban J connectivity index is 2.45. The maximum absolute atomic E-state index is 5.23. The quantitative estimate of drug-likeness (QED) is 0.592. The predicted octanol–water partition coefficient (Wildman–Crippen LogP) is 4.29. The number of rotatable bonds is 6. The standard InChI is InChI=1S/C15H24N2S/c1-4-6-11-16-15(18)17-14-9-7-13(8-10-14)12(3)5-2/h7-10,12H,4-6,11H2,1-3H3,(H2,16,17,18). The first-order chi connectivity index (χ1) is 8.67. The first-order valence-corrected chi connectivity index (χ1v) is 7.23. The molecule has 0 aromatic heterocycles. The molecule has 0 saturated heterocycles. The van der Waals surface area contributed by atoms with Gasteiger partial charge in [0.2, 0.25) is 0 Å². The van der Waals surface area contributed by atoms with Crippen LogP contribution in [0.15, 0.2) is 24.3 Å². The molecule has 1 rings (SSSR count). The zero-order valence-electron chi connectivity index (χ0n) is 11.6. The maximum atomic E-state index is 5.23. The first kappa shape index (κ1) is 15.0. The number of anilines is 1. The lowest BCUT2D eigenvalue weighted by Crippen LogP contribution is -2.29. The van der Waals surface area contributed by atoms with E-state index < -0.39 is 0 Å². The van der Waals surface area contributed by atoms with Crippen LogP contribution in [-0.2, 0) is 0 Å². The van der Waals surface area contributed by atoms with Crippen LogP contribution < -0.4 is 10.6 Å². The molecule has 2 nitrogen and oxygen atoms in total. The van der Waals surface area contributed by atoms with E-state index in [1.165, 1.54) is 18.4 Å². The van der Waals surface area contributed by atoms with Gasteiger partial charge in [-0.25, -0.2) is 0 Å². The van der Waals surface area contributed by atoms with Gasteiger partial charge in [0.1, 0.15) is 0 Å². The van der Waals surface area contributed by atoms with E-state index in [0.717, 1.165) is 18.7 Å². The molecule has 0 fully saturated rings. The summed E-state index contributed by atoms with van der Waals surface area (Å²) in [6, 6.07) is 8.53. The lowest BCUT2D eigenvalue weighted by molar-refractivity contribution is 0.734. The molecule has 0 aliphatic rings. The minimum Gasteiger partial charge on any atom is -0.362 e. The molecule has 0 bridgehead atoms. The van der Waals surface area contributed by atoms with Crippen LogP contribution in [0.4, 0.5) is 5.69 Å². The topological polar surface area (TPSA) is 24.1 Å².